The molecule has 0 atom stereocenters. The maximum atomic E-state index is 12.4. The van der Waals surface area contributed by atoms with E-state index in [0.717, 1.165) is 17.2 Å². The molecule has 2 aromatic carbocycles. The van der Waals surface area contributed by atoms with Crippen LogP contribution in [0.5, 0.6) is 5.75 Å². The van der Waals surface area contributed by atoms with Crippen LogP contribution in [0.1, 0.15) is 21.5 Å². The number of ether oxygens (including phenoxy) is 1. The highest BCUT2D eigenvalue weighted by molar-refractivity contribution is 7.92. The van der Waals surface area contributed by atoms with Gasteiger partial charge in [0.2, 0.25) is 0 Å². The number of rotatable bonds is 4. The third kappa shape index (κ3) is 2.99. The van der Waals surface area contributed by atoms with E-state index in [9.17, 15) is 18.3 Å². The van der Waals surface area contributed by atoms with E-state index in [-0.39, 0.29) is 16.1 Å². The fraction of sp³-hybridized carbons (Fsp3) is 0.133. The Bertz CT molecular complexity index is 891. The first-order valence-corrected chi connectivity index (χ1v) is 8.14. The maximum Gasteiger partial charge on any atom is 0.335 e. The zero-order chi connectivity index (χ0) is 16.6. The van der Waals surface area contributed by atoms with E-state index in [1.165, 1.54) is 24.3 Å². The zero-order valence-corrected chi connectivity index (χ0v) is 12.6. The molecule has 1 aliphatic heterocycles. The molecular formula is C15H13NO6S. The smallest absolute Gasteiger partial charge is 0.335 e. The van der Waals surface area contributed by atoms with Gasteiger partial charge in [-0.25, -0.2) is 13.2 Å². The number of hydrogen-bond acceptors (Lipinski definition) is 5. The van der Waals surface area contributed by atoms with Gasteiger partial charge in [-0.3, -0.25) is 4.72 Å². The summed E-state index contributed by atoms with van der Waals surface area (Å²) in [6, 6.07) is 8.05. The summed E-state index contributed by atoms with van der Waals surface area (Å²) >= 11 is 0. The molecule has 0 amide bonds. The van der Waals surface area contributed by atoms with Crippen LogP contribution in [0.2, 0.25) is 0 Å². The molecule has 23 heavy (non-hydrogen) atoms. The van der Waals surface area contributed by atoms with E-state index in [4.69, 9.17) is 9.84 Å². The Hall–Kier alpha value is -2.58. The molecular weight excluding hydrogens is 322 g/mol. The minimum atomic E-state index is -3.90. The molecule has 0 spiro atoms. The normalized spacial score (nSPS) is 13.6. The second-order valence-corrected chi connectivity index (χ2v) is 6.75. The Labute approximate surface area is 132 Å². The summed E-state index contributed by atoms with van der Waals surface area (Å²) < 4.78 is 32.3. The molecule has 0 unspecified atom stereocenters. The number of benzene rings is 2. The SMILES string of the molecule is O=C(O)c1ccc(NS(=O)(=O)c2ccc3c(c2)COC3)c(O)c1. The number of carboxylic acids is 1. The van der Waals surface area contributed by atoms with Crippen LogP contribution in [0, 0.1) is 0 Å². The van der Waals surface area contributed by atoms with E-state index in [0.29, 0.717) is 13.2 Å². The predicted octanol–water partition coefficient (Wildman–Crippen LogP) is 1.92. The van der Waals surface area contributed by atoms with Crippen LogP contribution >= 0.6 is 0 Å². The van der Waals surface area contributed by atoms with Gasteiger partial charge in [0.05, 0.1) is 29.4 Å². The average Bonchev–Trinajstić information content (AvgIpc) is 2.96. The standard InChI is InChI=1S/C15H13NO6S/c17-14-6-9(15(18)19)2-4-13(14)16-23(20,21)12-3-1-10-7-22-8-11(10)5-12/h1-6,16-17H,7-8H2,(H,18,19). The number of sulfonamides is 1. The predicted molar refractivity (Wildman–Crippen MR) is 80.8 cm³/mol. The highest BCUT2D eigenvalue weighted by Gasteiger charge is 2.20. The molecule has 7 nitrogen and oxygen atoms in total. The summed E-state index contributed by atoms with van der Waals surface area (Å²) in [5.74, 6) is -1.67. The van der Waals surface area contributed by atoms with Crippen molar-refractivity contribution >= 4 is 21.7 Å². The van der Waals surface area contributed by atoms with Gasteiger partial charge in [0.15, 0.2) is 0 Å². The summed E-state index contributed by atoms with van der Waals surface area (Å²) in [5.41, 5.74) is 1.52. The van der Waals surface area contributed by atoms with Crippen LogP contribution in [0.15, 0.2) is 41.3 Å². The number of phenols is 1. The molecule has 8 heteroatoms. The molecule has 0 bridgehead atoms. The van der Waals surface area contributed by atoms with Crippen LogP contribution < -0.4 is 4.72 Å². The molecule has 3 rings (SSSR count). The van der Waals surface area contributed by atoms with Gasteiger partial charge in [0.1, 0.15) is 5.75 Å². The summed E-state index contributed by atoms with van der Waals surface area (Å²) in [7, 11) is -3.90. The Kier molecular flexibility index (Phi) is 3.70. The van der Waals surface area contributed by atoms with Crippen molar-refractivity contribution in [3.63, 3.8) is 0 Å². The largest absolute Gasteiger partial charge is 0.506 e. The van der Waals surface area contributed by atoms with Gasteiger partial charge in [-0.1, -0.05) is 6.07 Å². The molecule has 0 radical (unpaired) electrons. The lowest BCUT2D eigenvalue weighted by molar-refractivity contribution is 0.0696. The minimum Gasteiger partial charge on any atom is -0.506 e. The average molecular weight is 335 g/mol. The number of carboxylic acid groups (broad SMARTS) is 1. The van der Waals surface area contributed by atoms with E-state index in [1.54, 1.807) is 6.07 Å². The van der Waals surface area contributed by atoms with Gasteiger partial charge in [-0.15, -0.1) is 0 Å². The highest BCUT2D eigenvalue weighted by Crippen LogP contribution is 2.28. The van der Waals surface area contributed by atoms with Crippen molar-refractivity contribution in [1.82, 2.24) is 0 Å². The number of aromatic hydroxyl groups is 1. The first-order valence-electron chi connectivity index (χ1n) is 6.65. The van der Waals surface area contributed by atoms with Crippen molar-refractivity contribution in [1.29, 1.82) is 0 Å². The van der Waals surface area contributed by atoms with E-state index in [2.05, 4.69) is 4.72 Å². The molecule has 120 valence electrons. The first kappa shape index (κ1) is 15.3. The Morgan fingerprint density at radius 1 is 1.09 bits per heavy atom. The van der Waals surface area contributed by atoms with Crippen molar-refractivity contribution in [2.45, 2.75) is 18.1 Å². The Balaban J connectivity index is 1.91. The second-order valence-electron chi connectivity index (χ2n) is 5.07. The molecule has 3 N–H and O–H groups in total. The molecule has 0 saturated heterocycles. The van der Waals surface area contributed by atoms with Crippen LogP contribution in [0.3, 0.4) is 0 Å². The van der Waals surface area contributed by atoms with Crippen LogP contribution in [0.4, 0.5) is 5.69 Å². The van der Waals surface area contributed by atoms with Crippen molar-refractivity contribution in [2.24, 2.45) is 0 Å². The lowest BCUT2D eigenvalue weighted by Gasteiger charge is -2.11. The second kappa shape index (κ2) is 5.56. The van der Waals surface area contributed by atoms with Crippen LogP contribution in [0.25, 0.3) is 0 Å². The number of carbonyl (C=O) groups is 1. The summed E-state index contributed by atoms with van der Waals surface area (Å²) in [6.07, 6.45) is 0. The lowest BCUT2D eigenvalue weighted by Crippen LogP contribution is -2.13. The minimum absolute atomic E-state index is 0.0449. The third-order valence-corrected chi connectivity index (χ3v) is 4.86. The van der Waals surface area contributed by atoms with Gasteiger partial charge in [0.25, 0.3) is 10.0 Å². The number of nitrogens with one attached hydrogen (secondary N) is 1. The van der Waals surface area contributed by atoms with Crippen molar-refractivity contribution in [3.8, 4) is 5.75 Å². The summed E-state index contributed by atoms with van der Waals surface area (Å²) in [6.45, 7) is 0.817. The number of aromatic carboxylic acids is 1. The molecule has 2 aromatic rings. The maximum absolute atomic E-state index is 12.4. The first-order chi connectivity index (χ1) is 10.9. The molecule has 0 aromatic heterocycles. The molecule has 1 aliphatic rings. The fourth-order valence-electron chi connectivity index (χ4n) is 2.27. The quantitative estimate of drug-likeness (QED) is 0.736. The van der Waals surface area contributed by atoms with E-state index in [1.807, 2.05) is 0 Å². The monoisotopic (exact) mass is 335 g/mol. The van der Waals surface area contributed by atoms with Gasteiger partial charge in [0, 0.05) is 0 Å². The summed E-state index contributed by atoms with van der Waals surface area (Å²) in [4.78, 5) is 10.9. The van der Waals surface area contributed by atoms with Crippen LogP contribution in [-0.2, 0) is 28.0 Å². The van der Waals surface area contributed by atoms with E-state index >= 15 is 0 Å². The molecule has 0 fully saturated rings. The van der Waals surface area contributed by atoms with Crippen molar-refractivity contribution in [3.05, 3.63) is 53.1 Å². The number of hydrogen-bond donors (Lipinski definition) is 3. The Morgan fingerprint density at radius 3 is 2.52 bits per heavy atom. The number of fused-ring (bicyclic) bond motifs is 1. The number of anilines is 1. The fourth-order valence-corrected chi connectivity index (χ4v) is 3.39. The third-order valence-electron chi connectivity index (χ3n) is 3.49. The molecule has 0 saturated carbocycles. The van der Waals surface area contributed by atoms with E-state index < -0.39 is 21.7 Å². The van der Waals surface area contributed by atoms with Gasteiger partial charge in [-0.2, -0.15) is 0 Å². The summed E-state index contributed by atoms with van der Waals surface area (Å²) in [5, 5.41) is 18.6. The molecule has 1 heterocycles. The number of phenolic OH excluding ortho intramolecular Hbond substituents is 1. The topological polar surface area (TPSA) is 113 Å². The lowest BCUT2D eigenvalue weighted by atomic mass is 10.1. The highest BCUT2D eigenvalue weighted by atomic mass is 32.2. The zero-order valence-electron chi connectivity index (χ0n) is 11.8. The Morgan fingerprint density at radius 2 is 1.83 bits per heavy atom. The van der Waals surface area contributed by atoms with Crippen molar-refractivity contribution < 1.29 is 28.2 Å². The molecule has 0 aliphatic carbocycles. The van der Waals surface area contributed by atoms with Gasteiger partial charge in [-0.05, 0) is 41.5 Å². The van der Waals surface area contributed by atoms with Crippen molar-refractivity contribution in [2.75, 3.05) is 4.72 Å². The van der Waals surface area contributed by atoms with Crippen LogP contribution in [-0.4, -0.2) is 24.6 Å². The van der Waals surface area contributed by atoms with Gasteiger partial charge < -0.3 is 14.9 Å². The van der Waals surface area contributed by atoms with Gasteiger partial charge >= 0.3 is 5.97 Å².